The fraction of sp³-hybridized carbons (Fsp3) is 0.625. The molecule has 0 saturated carbocycles. The number of ether oxygens (including phenoxy) is 2. The van der Waals surface area contributed by atoms with Crippen molar-refractivity contribution in [3.8, 4) is 5.75 Å². The lowest BCUT2D eigenvalue weighted by molar-refractivity contribution is 0.0547. The zero-order valence-electron chi connectivity index (χ0n) is 11.9. The molecule has 0 amide bonds. The van der Waals surface area contributed by atoms with E-state index in [0.29, 0.717) is 5.92 Å². The van der Waals surface area contributed by atoms with Crippen LogP contribution in [0.3, 0.4) is 0 Å². The third-order valence-electron chi connectivity index (χ3n) is 3.41. The number of nitrogens with one attached hydrogen (secondary N) is 1. The Morgan fingerprint density at radius 3 is 2.84 bits per heavy atom. The molecule has 19 heavy (non-hydrogen) atoms. The lowest BCUT2D eigenvalue weighted by atomic mass is 10.0. The van der Waals surface area contributed by atoms with Crippen molar-refractivity contribution < 1.29 is 9.47 Å². The van der Waals surface area contributed by atoms with E-state index < -0.39 is 0 Å². The summed E-state index contributed by atoms with van der Waals surface area (Å²) >= 11 is 0. The van der Waals surface area contributed by atoms with Crippen molar-refractivity contribution in [2.24, 2.45) is 5.92 Å². The summed E-state index contributed by atoms with van der Waals surface area (Å²) in [5.41, 5.74) is 1.31. The summed E-state index contributed by atoms with van der Waals surface area (Å²) in [5, 5.41) is 3.51. The lowest BCUT2D eigenvalue weighted by Gasteiger charge is -2.22. The van der Waals surface area contributed by atoms with Crippen LogP contribution in [-0.2, 0) is 11.3 Å². The summed E-state index contributed by atoms with van der Waals surface area (Å²) < 4.78 is 11.1. The van der Waals surface area contributed by atoms with Crippen molar-refractivity contribution in [3.63, 3.8) is 0 Å². The maximum Gasteiger partial charge on any atom is 0.119 e. The summed E-state index contributed by atoms with van der Waals surface area (Å²) in [6.07, 6.45) is 3.54. The normalized spacial score (nSPS) is 19.3. The Balaban J connectivity index is 1.67. The molecule has 1 aliphatic heterocycles. The molecular weight excluding hydrogens is 238 g/mol. The fourth-order valence-electron chi connectivity index (χ4n) is 2.31. The molecule has 0 spiro atoms. The van der Waals surface area contributed by atoms with Crippen molar-refractivity contribution >= 4 is 0 Å². The molecule has 2 rings (SSSR count). The zero-order chi connectivity index (χ0) is 13.3. The minimum atomic E-state index is 0.681. The van der Waals surface area contributed by atoms with Crippen LogP contribution in [0.4, 0.5) is 0 Å². The van der Waals surface area contributed by atoms with E-state index in [1.54, 1.807) is 0 Å². The molecule has 1 saturated heterocycles. The van der Waals surface area contributed by atoms with Gasteiger partial charge < -0.3 is 14.8 Å². The zero-order valence-corrected chi connectivity index (χ0v) is 11.9. The highest BCUT2D eigenvalue weighted by molar-refractivity contribution is 5.27. The summed E-state index contributed by atoms with van der Waals surface area (Å²) in [5.74, 6) is 1.65. The van der Waals surface area contributed by atoms with E-state index in [0.717, 1.165) is 45.1 Å². The first kappa shape index (κ1) is 14.4. The molecule has 1 heterocycles. The van der Waals surface area contributed by atoms with Crippen LogP contribution in [0.5, 0.6) is 5.75 Å². The van der Waals surface area contributed by atoms with Gasteiger partial charge in [-0.2, -0.15) is 0 Å². The minimum Gasteiger partial charge on any atom is -0.494 e. The van der Waals surface area contributed by atoms with Gasteiger partial charge in [0.05, 0.1) is 13.2 Å². The second kappa shape index (κ2) is 8.18. The maximum absolute atomic E-state index is 5.57. The highest BCUT2D eigenvalue weighted by atomic mass is 16.5. The Bertz CT molecular complexity index is 344. The van der Waals surface area contributed by atoms with Crippen LogP contribution < -0.4 is 10.1 Å². The maximum atomic E-state index is 5.57. The first-order valence-corrected chi connectivity index (χ1v) is 7.38. The summed E-state index contributed by atoms with van der Waals surface area (Å²) in [6.45, 7) is 6.73. The van der Waals surface area contributed by atoms with Crippen LogP contribution in [0, 0.1) is 5.92 Å². The first-order chi connectivity index (χ1) is 9.38. The van der Waals surface area contributed by atoms with E-state index in [4.69, 9.17) is 9.47 Å². The average molecular weight is 263 g/mol. The number of hydrogen-bond acceptors (Lipinski definition) is 3. The molecule has 1 N–H and O–H groups in total. The molecule has 3 heteroatoms. The highest BCUT2D eigenvalue weighted by Crippen LogP contribution is 2.14. The molecule has 1 aromatic carbocycles. The van der Waals surface area contributed by atoms with Crippen molar-refractivity contribution in [2.45, 2.75) is 32.7 Å². The van der Waals surface area contributed by atoms with E-state index in [-0.39, 0.29) is 0 Å². The largest absolute Gasteiger partial charge is 0.494 e. The van der Waals surface area contributed by atoms with Gasteiger partial charge >= 0.3 is 0 Å². The van der Waals surface area contributed by atoms with Crippen molar-refractivity contribution in [1.29, 1.82) is 0 Å². The van der Waals surface area contributed by atoms with Crippen molar-refractivity contribution in [1.82, 2.24) is 5.32 Å². The van der Waals surface area contributed by atoms with E-state index in [1.807, 2.05) is 0 Å². The number of hydrogen-bond donors (Lipinski definition) is 1. The first-order valence-electron chi connectivity index (χ1n) is 7.38. The van der Waals surface area contributed by atoms with Crippen LogP contribution in [0.1, 0.15) is 31.7 Å². The highest BCUT2D eigenvalue weighted by Gasteiger charge is 2.12. The molecule has 0 aromatic heterocycles. The quantitative estimate of drug-likeness (QED) is 0.820. The van der Waals surface area contributed by atoms with E-state index in [2.05, 4.69) is 36.5 Å². The Morgan fingerprint density at radius 1 is 1.32 bits per heavy atom. The summed E-state index contributed by atoms with van der Waals surface area (Å²) in [6, 6.07) is 8.37. The van der Waals surface area contributed by atoms with Gasteiger partial charge in [-0.05, 0) is 42.9 Å². The van der Waals surface area contributed by atoms with Crippen molar-refractivity contribution in [2.75, 3.05) is 26.4 Å². The summed E-state index contributed by atoms with van der Waals surface area (Å²) in [4.78, 5) is 0. The SMILES string of the molecule is CCCOc1ccc(CNCC2CCCOC2)cc1. The summed E-state index contributed by atoms with van der Waals surface area (Å²) in [7, 11) is 0. The van der Waals surface area contributed by atoms with Crippen LogP contribution >= 0.6 is 0 Å². The Labute approximate surface area is 116 Å². The van der Waals surface area contributed by atoms with Crippen LogP contribution in [-0.4, -0.2) is 26.4 Å². The monoisotopic (exact) mass is 263 g/mol. The van der Waals surface area contributed by atoms with E-state index >= 15 is 0 Å². The van der Waals surface area contributed by atoms with Gasteiger partial charge in [-0.25, -0.2) is 0 Å². The number of rotatable bonds is 7. The molecule has 1 atom stereocenters. The fourth-order valence-corrected chi connectivity index (χ4v) is 2.31. The van der Waals surface area contributed by atoms with E-state index in [1.165, 1.54) is 18.4 Å². The lowest BCUT2D eigenvalue weighted by Crippen LogP contribution is -2.28. The van der Waals surface area contributed by atoms with Crippen LogP contribution in [0.25, 0.3) is 0 Å². The molecule has 1 unspecified atom stereocenters. The average Bonchev–Trinajstić information content (AvgIpc) is 2.47. The molecule has 1 fully saturated rings. The molecular formula is C16H25NO2. The predicted octanol–water partition coefficient (Wildman–Crippen LogP) is 2.99. The molecule has 106 valence electrons. The van der Waals surface area contributed by atoms with Gasteiger partial charge in [0.2, 0.25) is 0 Å². The second-order valence-electron chi connectivity index (χ2n) is 5.21. The van der Waals surface area contributed by atoms with E-state index in [9.17, 15) is 0 Å². The second-order valence-corrected chi connectivity index (χ2v) is 5.21. The molecule has 0 radical (unpaired) electrons. The number of benzene rings is 1. The van der Waals surface area contributed by atoms with Gasteiger partial charge in [-0.15, -0.1) is 0 Å². The minimum absolute atomic E-state index is 0.681. The Kier molecular flexibility index (Phi) is 6.18. The third kappa shape index (κ3) is 5.21. The van der Waals surface area contributed by atoms with Crippen LogP contribution in [0.15, 0.2) is 24.3 Å². The topological polar surface area (TPSA) is 30.5 Å². The van der Waals surface area contributed by atoms with Gasteiger partial charge in [0.1, 0.15) is 5.75 Å². The molecule has 0 aliphatic carbocycles. The predicted molar refractivity (Wildman–Crippen MR) is 77.5 cm³/mol. The van der Waals surface area contributed by atoms with Crippen LogP contribution in [0.2, 0.25) is 0 Å². The molecule has 0 bridgehead atoms. The Hall–Kier alpha value is -1.06. The third-order valence-corrected chi connectivity index (χ3v) is 3.41. The Morgan fingerprint density at radius 2 is 2.16 bits per heavy atom. The molecule has 1 aromatic rings. The van der Waals surface area contributed by atoms with Gasteiger partial charge in [0.15, 0.2) is 0 Å². The van der Waals surface area contributed by atoms with Crippen molar-refractivity contribution in [3.05, 3.63) is 29.8 Å². The smallest absolute Gasteiger partial charge is 0.119 e. The van der Waals surface area contributed by atoms with Gasteiger partial charge in [0.25, 0.3) is 0 Å². The molecule has 1 aliphatic rings. The van der Waals surface area contributed by atoms with Gasteiger partial charge in [0, 0.05) is 19.7 Å². The molecule has 3 nitrogen and oxygen atoms in total. The van der Waals surface area contributed by atoms with Gasteiger partial charge in [-0.1, -0.05) is 19.1 Å². The standard InChI is InChI=1S/C16H25NO2/c1-2-9-19-16-7-5-14(6-8-16)11-17-12-15-4-3-10-18-13-15/h5-8,15,17H,2-4,9-13H2,1H3. The van der Waals surface area contributed by atoms with Gasteiger partial charge in [-0.3, -0.25) is 0 Å².